The molecule has 0 aliphatic carbocycles. The van der Waals surface area contributed by atoms with Crippen LogP contribution in [-0.4, -0.2) is 67.2 Å². The number of benzene rings is 1. The monoisotopic (exact) mass is 487 g/mol. The second-order valence-corrected chi connectivity index (χ2v) is 9.30. The van der Waals surface area contributed by atoms with E-state index in [-0.39, 0.29) is 11.2 Å². The van der Waals surface area contributed by atoms with Gasteiger partial charge in [0.15, 0.2) is 0 Å². The number of thioether (sulfide) groups is 1. The lowest BCUT2D eigenvalue weighted by atomic mass is 9.98. The molecule has 9 heteroatoms. The number of rotatable bonds is 7. The van der Waals surface area contributed by atoms with Crippen LogP contribution in [0.1, 0.15) is 32.8 Å². The summed E-state index contributed by atoms with van der Waals surface area (Å²) in [6.07, 6.45) is 3.38. The van der Waals surface area contributed by atoms with E-state index in [2.05, 4.69) is 9.64 Å². The van der Waals surface area contributed by atoms with Gasteiger partial charge in [0.2, 0.25) is 0 Å². The van der Waals surface area contributed by atoms with Crippen LogP contribution in [0.4, 0.5) is 0 Å². The molecule has 7 nitrogen and oxygen atoms in total. The molecule has 1 aromatic carbocycles. The largest absolute Gasteiger partial charge is 0.471 e. The normalized spacial score (nSPS) is 17.2. The van der Waals surface area contributed by atoms with E-state index in [0.29, 0.717) is 12.4 Å². The summed E-state index contributed by atoms with van der Waals surface area (Å²) in [5.41, 5.74) is 1.65. The number of hydrogen-bond acceptors (Lipinski definition) is 8. The van der Waals surface area contributed by atoms with E-state index < -0.39 is 5.41 Å². The second kappa shape index (κ2) is 16.7. The molecule has 1 saturated heterocycles. The molecular weight excluding hydrogens is 454 g/mol. The van der Waals surface area contributed by atoms with Crippen molar-refractivity contribution < 1.29 is 29.0 Å². The van der Waals surface area contributed by atoms with Crippen LogP contribution in [0.2, 0.25) is 5.02 Å². The molecule has 0 saturated carbocycles. The Morgan fingerprint density at radius 3 is 2.44 bits per heavy atom. The number of likely N-dealkylation sites (tertiary alicyclic amines) is 1. The number of allylic oxidation sites excluding steroid dienone is 1. The van der Waals surface area contributed by atoms with Gasteiger partial charge in [-0.25, -0.2) is 0 Å². The number of piperidine rings is 1. The highest BCUT2D eigenvalue weighted by molar-refractivity contribution is 7.99. The third-order valence-corrected chi connectivity index (χ3v) is 5.89. The van der Waals surface area contributed by atoms with Crippen molar-refractivity contribution in [2.24, 2.45) is 5.41 Å². The first kappa shape index (κ1) is 30.1. The second-order valence-electron chi connectivity index (χ2n) is 7.76. The van der Waals surface area contributed by atoms with Crippen LogP contribution < -0.4 is 0 Å². The first-order chi connectivity index (χ1) is 15.2. The van der Waals surface area contributed by atoms with Crippen LogP contribution >= 0.6 is 23.4 Å². The van der Waals surface area contributed by atoms with Crippen molar-refractivity contribution in [2.45, 2.75) is 39.0 Å². The highest BCUT2D eigenvalue weighted by Gasteiger charge is 2.27. The Morgan fingerprint density at radius 2 is 1.91 bits per heavy atom. The molecule has 1 fully saturated rings. The maximum absolute atomic E-state index is 11.9. The summed E-state index contributed by atoms with van der Waals surface area (Å²) in [5.74, 6) is 0.101. The Morgan fingerprint density at radius 1 is 1.28 bits per heavy atom. The van der Waals surface area contributed by atoms with Crippen LogP contribution in [0.5, 0.6) is 0 Å². The highest BCUT2D eigenvalue weighted by atomic mass is 35.5. The Kier molecular flexibility index (Phi) is 15.7. The maximum atomic E-state index is 11.9. The van der Waals surface area contributed by atoms with Gasteiger partial charge in [-0.05, 0) is 50.5 Å². The summed E-state index contributed by atoms with van der Waals surface area (Å²) in [6, 6.07) is 7.82. The summed E-state index contributed by atoms with van der Waals surface area (Å²) >= 11 is 7.83. The summed E-state index contributed by atoms with van der Waals surface area (Å²) in [6.45, 7) is 8.27. The molecule has 180 valence electrons. The lowest BCUT2D eigenvalue weighted by Gasteiger charge is -2.34. The molecule has 0 bridgehead atoms. The van der Waals surface area contributed by atoms with Gasteiger partial charge >= 0.3 is 5.97 Å². The highest BCUT2D eigenvalue weighted by Crippen LogP contribution is 2.30. The Bertz CT molecular complexity index is 735. The van der Waals surface area contributed by atoms with Gasteiger partial charge in [-0.15, -0.1) is 11.8 Å². The minimum absolute atomic E-state index is 0.190. The molecule has 0 radical (unpaired) electrons. The number of aliphatic hydroxyl groups excluding tert-OH is 1. The minimum atomic E-state index is -0.500. The van der Waals surface area contributed by atoms with Gasteiger partial charge in [0, 0.05) is 37.0 Å². The topological polar surface area (TPSA) is 93.1 Å². The van der Waals surface area contributed by atoms with Gasteiger partial charge in [0.1, 0.15) is 12.2 Å². The lowest BCUT2D eigenvalue weighted by molar-refractivity contribution is -0.150. The number of aldehydes is 1. The number of carbonyl (C=O) groups is 3. The number of ether oxygens (including phenoxy) is 2. The van der Waals surface area contributed by atoms with Crippen LogP contribution in [0.15, 0.2) is 35.9 Å². The van der Waals surface area contributed by atoms with Crippen molar-refractivity contribution in [3.8, 4) is 0 Å². The van der Waals surface area contributed by atoms with Gasteiger partial charge in [0.25, 0.3) is 6.47 Å². The summed E-state index contributed by atoms with van der Waals surface area (Å²) < 4.78 is 9.21. The predicted molar refractivity (Wildman–Crippen MR) is 129 cm³/mol. The zero-order valence-electron chi connectivity index (χ0n) is 19.4. The smallest absolute Gasteiger partial charge is 0.312 e. The number of methoxy groups -OCH3 is 1. The average molecular weight is 488 g/mol. The Balaban J connectivity index is 0.00000144. The van der Waals surface area contributed by atoms with Crippen molar-refractivity contribution in [1.82, 2.24) is 4.90 Å². The van der Waals surface area contributed by atoms with E-state index in [1.54, 1.807) is 17.8 Å². The number of halogens is 1. The van der Waals surface area contributed by atoms with E-state index in [0.717, 1.165) is 55.6 Å². The summed E-state index contributed by atoms with van der Waals surface area (Å²) in [4.78, 5) is 34.2. The van der Waals surface area contributed by atoms with Crippen molar-refractivity contribution in [1.29, 1.82) is 0 Å². The minimum Gasteiger partial charge on any atom is -0.471 e. The number of esters is 1. The van der Waals surface area contributed by atoms with E-state index in [1.165, 1.54) is 7.11 Å². The Hall–Kier alpha value is -1.87. The lowest BCUT2D eigenvalue weighted by Crippen LogP contribution is -2.37. The molecule has 2 rings (SSSR count). The zero-order valence-corrected chi connectivity index (χ0v) is 20.9. The van der Waals surface area contributed by atoms with Crippen LogP contribution in [0, 0.1) is 5.41 Å². The first-order valence-electron chi connectivity index (χ1n) is 10.0. The molecule has 0 aromatic heterocycles. The molecule has 32 heavy (non-hydrogen) atoms. The predicted octanol–water partition coefficient (Wildman–Crippen LogP) is 3.72. The van der Waals surface area contributed by atoms with Gasteiger partial charge in [-0.2, -0.15) is 0 Å². The average Bonchev–Trinajstić information content (AvgIpc) is 2.78. The van der Waals surface area contributed by atoms with Crippen molar-refractivity contribution in [2.75, 3.05) is 33.2 Å². The first-order valence-corrected chi connectivity index (χ1v) is 11.5. The van der Waals surface area contributed by atoms with Crippen LogP contribution in [0.3, 0.4) is 0 Å². The van der Waals surface area contributed by atoms with Crippen LogP contribution in [0.25, 0.3) is 0 Å². The summed E-state index contributed by atoms with van der Waals surface area (Å²) in [7, 11) is 2.31. The quantitative estimate of drug-likeness (QED) is 0.269. The van der Waals surface area contributed by atoms with Gasteiger partial charge < -0.3 is 14.6 Å². The Labute approximate surface area is 200 Å². The number of aliphatic hydroxyl groups is 1. The summed E-state index contributed by atoms with van der Waals surface area (Å²) in [5, 5.41) is 7.95. The SMILES string of the molecule is CC(C)(C)C(=O)OCSC1CCN(Cc2ccccc2Cl)C/C1=C/C=O.CO.COC=O. The molecule has 1 atom stereocenters. The standard InChI is InChI=1S/C20H26ClNO3S.C2H4O2.CH4O/c1-20(2,3)19(24)25-14-26-18-8-10-22(13-16(18)9-11-23)12-15-6-4-5-7-17(15)21;1-4-2-3;1-2/h4-7,9,11,18H,8,10,12-14H2,1-3H3;2H,1H3;2H,1H3/b16-9-;;. The maximum Gasteiger partial charge on any atom is 0.312 e. The van der Waals surface area contributed by atoms with E-state index >= 15 is 0 Å². The number of nitrogens with zero attached hydrogens (tertiary/aromatic N) is 1. The fourth-order valence-electron chi connectivity index (χ4n) is 2.75. The van der Waals surface area contributed by atoms with Gasteiger partial charge in [0.05, 0.1) is 12.5 Å². The van der Waals surface area contributed by atoms with Crippen molar-refractivity contribution in [3.63, 3.8) is 0 Å². The third kappa shape index (κ3) is 11.7. The molecule has 0 spiro atoms. The molecule has 1 aliphatic rings. The fourth-order valence-corrected chi connectivity index (χ4v) is 3.92. The fraction of sp³-hybridized carbons (Fsp3) is 0.522. The number of hydrogen-bond donors (Lipinski definition) is 1. The molecule has 1 N–H and O–H groups in total. The van der Waals surface area contributed by atoms with Crippen molar-refractivity contribution >= 4 is 42.1 Å². The molecule has 1 aliphatic heterocycles. The molecular formula is C23H34ClNO6S. The van der Waals surface area contributed by atoms with Crippen LogP contribution in [-0.2, 0) is 30.4 Å². The molecule has 1 unspecified atom stereocenters. The molecule has 1 aromatic rings. The van der Waals surface area contributed by atoms with E-state index in [1.807, 2.05) is 45.0 Å². The zero-order chi connectivity index (χ0) is 24.6. The van der Waals surface area contributed by atoms with E-state index in [4.69, 9.17) is 26.2 Å². The van der Waals surface area contributed by atoms with Gasteiger partial charge in [-0.3, -0.25) is 19.3 Å². The molecule has 0 amide bonds. The molecule has 1 heterocycles. The van der Waals surface area contributed by atoms with E-state index in [9.17, 15) is 9.59 Å². The van der Waals surface area contributed by atoms with Crippen molar-refractivity contribution in [3.05, 3.63) is 46.5 Å². The third-order valence-electron chi connectivity index (χ3n) is 4.33. The van der Waals surface area contributed by atoms with Gasteiger partial charge in [-0.1, -0.05) is 29.8 Å². The number of carbonyl (C=O) groups excluding carboxylic acids is 3.